The van der Waals surface area contributed by atoms with Gasteiger partial charge in [0.25, 0.3) is 5.91 Å². The first-order valence-electron chi connectivity index (χ1n) is 4.65. The predicted molar refractivity (Wildman–Crippen MR) is 71.2 cm³/mol. The fraction of sp³-hybridized carbons (Fsp3) is 0.500. The summed E-state index contributed by atoms with van der Waals surface area (Å²) in [5.41, 5.74) is 0.283. The number of carbonyl (C=O) groups excluding carboxylic acids is 1. The molecular formula is C10H12Cl3NOS. The van der Waals surface area contributed by atoms with E-state index in [0.717, 1.165) is 0 Å². The van der Waals surface area contributed by atoms with Crippen LogP contribution in [-0.2, 0) is 0 Å². The first-order valence-corrected chi connectivity index (χ1v) is 6.75. The van der Waals surface area contributed by atoms with Gasteiger partial charge in [0.05, 0.1) is 9.90 Å². The third-order valence-electron chi connectivity index (χ3n) is 1.99. The molecular weight excluding hydrogens is 289 g/mol. The van der Waals surface area contributed by atoms with Gasteiger partial charge >= 0.3 is 0 Å². The fourth-order valence-corrected chi connectivity index (χ4v) is 2.51. The van der Waals surface area contributed by atoms with Crippen LogP contribution >= 0.6 is 46.1 Å². The molecule has 0 aliphatic rings. The molecule has 1 aromatic heterocycles. The van der Waals surface area contributed by atoms with Crippen LogP contribution in [0.2, 0.25) is 8.67 Å². The Hall–Kier alpha value is 0.0400. The fourth-order valence-electron chi connectivity index (χ4n) is 0.957. The minimum atomic E-state index is -0.216. The number of carbonyl (C=O) groups is 1. The number of hydrogen-bond donors (Lipinski definition) is 1. The highest BCUT2D eigenvalue weighted by atomic mass is 35.5. The average Bonchev–Trinajstić information content (AvgIpc) is 2.54. The SMILES string of the molecule is CC(C)(CCl)CNC(=O)c1cc(Cl)sc1Cl. The van der Waals surface area contributed by atoms with E-state index in [-0.39, 0.29) is 11.3 Å². The maximum atomic E-state index is 11.8. The summed E-state index contributed by atoms with van der Waals surface area (Å²) in [6.07, 6.45) is 0. The molecule has 0 aliphatic carbocycles. The number of rotatable bonds is 4. The number of hydrogen-bond acceptors (Lipinski definition) is 2. The van der Waals surface area contributed by atoms with Gasteiger partial charge < -0.3 is 5.32 Å². The van der Waals surface area contributed by atoms with E-state index in [0.29, 0.717) is 26.7 Å². The number of amides is 1. The number of nitrogens with one attached hydrogen (secondary N) is 1. The van der Waals surface area contributed by atoms with Gasteiger partial charge in [-0.05, 0) is 11.5 Å². The van der Waals surface area contributed by atoms with Gasteiger partial charge in [0.2, 0.25) is 0 Å². The lowest BCUT2D eigenvalue weighted by Crippen LogP contribution is -2.34. The van der Waals surface area contributed by atoms with Crippen LogP contribution in [0, 0.1) is 5.41 Å². The van der Waals surface area contributed by atoms with E-state index in [2.05, 4.69) is 5.32 Å². The zero-order valence-electron chi connectivity index (χ0n) is 8.94. The highest BCUT2D eigenvalue weighted by Gasteiger charge is 2.20. The Balaban J connectivity index is 2.63. The highest BCUT2D eigenvalue weighted by molar-refractivity contribution is 7.20. The molecule has 2 nitrogen and oxygen atoms in total. The lowest BCUT2D eigenvalue weighted by molar-refractivity contribution is 0.0940. The monoisotopic (exact) mass is 299 g/mol. The van der Waals surface area contributed by atoms with Crippen LogP contribution in [0.5, 0.6) is 0 Å². The Labute approximate surface area is 114 Å². The van der Waals surface area contributed by atoms with E-state index < -0.39 is 0 Å². The second-order valence-corrected chi connectivity index (χ2v) is 6.77. The summed E-state index contributed by atoms with van der Waals surface area (Å²) < 4.78 is 0.915. The lowest BCUT2D eigenvalue weighted by Gasteiger charge is -2.21. The second kappa shape index (κ2) is 5.58. The molecule has 0 fully saturated rings. The Morgan fingerprint density at radius 3 is 2.56 bits per heavy atom. The first-order chi connectivity index (χ1) is 7.35. The van der Waals surface area contributed by atoms with Crippen molar-refractivity contribution >= 4 is 52.0 Å². The quantitative estimate of drug-likeness (QED) is 0.835. The molecule has 0 radical (unpaired) electrons. The number of thiophene rings is 1. The van der Waals surface area contributed by atoms with Gasteiger partial charge in [-0.3, -0.25) is 4.79 Å². The van der Waals surface area contributed by atoms with Crippen LogP contribution in [0.4, 0.5) is 0 Å². The summed E-state index contributed by atoms with van der Waals surface area (Å²) in [5, 5.41) is 2.78. The molecule has 0 bridgehead atoms. The van der Waals surface area contributed by atoms with Gasteiger partial charge in [0, 0.05) is 12.4 Å². The van der Waals surface area contributed by atoms with E-state index in [1.54, 1.807) is 6.07 Å². The van der Waals surface area contributed by atoms with Crippen molar-refractivity contribution in [1.82, 2.24) is 5.32 Å². The van der Waals surface area contributed by atoms with E-state index in [1.807, 2.05) is 13.8 Å². The molecule has 0 aromatic carbocycles. The topological polar surface area (TPSA) is 29.1 Å². The molecule has 1 heterocycles. The third kappa shape index (κ3) is 3.81. The van der Waals surface area contributed by atoms with Crippen molar-refractivity contribution in [3.05, 3.63) is 20.3 Å². The largest absolute Gasteiger partial charge is 0.351 e. The van der Waals surface area contributed by atoms with Crippen molar-refractivity contribution in [2.24, 2.45) is 5.41 Å². The number of alkyl halides is 1. The summed E-state index contributed by atoms with van der Waals surface area (Å²) in [6, 6.07) is 1.57. The Kier molecular flexibility index (Phi) is 4.92. The lowest BCUT2D eigenvalue weighted by atomic mass is 9.96. The molecule has 0 saturated heterocycles. The Morgan fingerprint density at radius 2 is 2.12 bits per heavy atom. The van der Waals surface area contributed by atoms with Crippen LogP contribution in [0.15, 0.2) is 6.07 Å². The van der Waals surface area contributed by atoms with E-state index in [4.69, 9.17) is 34.8 Å². The molecule has 1 aromatic rings. The number of halogens is 3. The second-order valence-electron chi connectivity index (χ2n) is 4.22. The Bertz CT molecular complexity index is 389. The zero-order chi connectivity index (χ0) is 12.3. The molecule has 0 aliphatic heterocycles. The summed E-state index contributed by atoms with van der Waals surface area (Å²) in [7, 11) is 0. The smallest absolute Gasteiger partial charge is 0.253 e. The molecule has 90 valence electrons. The van der Waals surface area contributed by atoms with Gasteiger partial charge in [-0.1, -0.05) is 37.0 Å². The van der Waals surface area contributed by atoms with Crippen molar-refractivity contribution in [3.63, 3.8) is 0 Å². The molecule has 0 atom stereocenters. The van der Waals surface area contributed by atoms with Crippen LogP contribution in [0.3, 0.4) is 0 Å². The summed E-state index contributed by atoms with van der Waals surface area (Å²) in [5.74, 6) is 0.261. The van der Waals surface area contributed by atoms with Crippen molar-refractivity contribution in [2.45, 2.75) is 13.8 Å². The molecule has 6 heteroatoms. The van der Waals surface area contributed by atoms with Crippen LogP contribution < -0.4 is 5.32 Å². The molecule has 0 unspecified atom stereocenters. The standard InChI is InChI=1S/C10H12Cl3NOS/c1-10(2,4-11)5-14-9(15)6-3-7(12)16-8(6)13/h3H,4-5H2,1-2H3,(H,14,15). The molecule has 1 amide bonds. The zero-order valence-corrected chi connectivity index (χ0v) is 12.0. The maximum Gasteiger partial charge on any atom is 0.253 e. The van der Waals surface area contributed by atoms with Gasteiger partial charge in [-0.15, -0.1) is 22.9 Å². The molecule has 0 saturated carbocycles. The minimum absolute atomic E-state index is 0.135. The maximum absolute atomic E-state index is 11.8. The Morgan fingerprint density at radius 1 is 1.50 bits per heavy atom. The summed E-state index contributed by atoms with van der Waals surface area (Å²) >= 11 is 18.6. The highest BCUT2D eigenvalue weighted by Crippen LogP contribution is 2.31. The summed E-state index contributed by atoms with van der Waals surface area (Å²) in [4.78, 5) is 11.8. The van der Waals surface area contributed by atoms with Gasteiger partial charge in [-0.25, -0.2) is 0 Å². The van der Waals surface area contributed by atoms with Crippen LogP contribution in [0.1, 0.15) is 24.2 Å². The van der Waals surface area contributed by atoms with E-state index >= 15 is 0 Å². The van der Waals surface area contributed by atoms with Crippen molar-refractivity contribution < 1.29 is 4.79 Å². The average molecular weight is 301 g/mol. The van der Waals surface area contributed by atoms with Crippen LogP contribution in [0.25, 0.3) is 0 Å². The summed E-state index contributed by atoms with van der Waals surface area (Å²) in [6.45, 7) is 4.45. The van der Waals surface area contributed by atoms with Crippen LogP contribution in [-0.4, -0.2) is 18.3 Å². The van der Waals surface area contributed by atoms with Gasteiger partial charge in [-0.2, -0.15) is 0 Å². The van der Waals surface area contributed by atoms with Crippen molar-refractivity contribution in [3.8, 4) is 0 Å². The van der Waals surface area contributed by atoms with Crippen molar-refractivity contribution in [1.29, 1.82) is 0 Å². The van der Waals surface area contributed by atoms with Gasteiger partial charge in [0.1, 0.15) is 4.34 Å². The molecule has 16 heavy (non-hydrogen) atoms. The first kappa shape index (κ1) is 14.1. The molecule has 1 rings (SSSR count). The van der Waals surface area contributed by atoms with E-state index in [1.165, 1.54) is 11.3 Å². The minimum Gasteiger partial charge on any atom is -0.351 e. The molecule has 1 N–H and O–H groups in total. The third-order valence-corrected chi connectivity index (χ3v) is 4.20. The van der Waals surface area contributed by atoms with Crippen molar-refractivity contribution in [2.75, 3.05) is 12.4 Å². The van der Waals surface area contributed by atoms with Gasteiger partial charge in [0.15, 0.2) is 0 Å². The normalized spacial score (nSPS) is 11.6. The van der Waals surface area contributed by atoms with E-state index in [9.17, 15) is 4.79 Å². The molecule has 0 spiro atoms. The predicted octanol–water partition coefficient (Wildman–Crippen LogP) is 4.05.